The van der Waals surface area contributed by atoms with Gasteiger partial charge < -0.3 is 19.9 Å². The molecular formula is C28H37F2N5O3. The van der Waals surface area contributed by atoms with E-state index in [9.17, 15) is 18.4 Å². The van der Waals surface area contributed by atoms with Crippen molar-refractivity contribution in [2.75, 3.05) is 39.8 Å². The van der Waals surface area contributed by atoms with Crippen molar-refractivity contribution in [3.8, 4) is 0 Å². The van der Waals surface area contributed by atoms with Gasteiger partial charge in [-0.15, -0.1) is 0 Å². The molecule has 0 saturated carbocycles. The lowest BCUT2D eigenvalue weighted by Crippen LogP contribution is -2.67. The van der Waals surface area contributed by atoms with Crippen LogP contribution in [0.25, 0.3) is 0 Å². The summed E-state index contributed by atoms with van der Waals surface area (Å²) in [5.74, 6) is -0.818. The Hall–Kier alpha value is -3.50. The monoisotopic (exact) mass is 529 g/mol. The van der Waals surface area contributed by atoms with Crippen LogP contribution >= 0.6 is 0 Å². The Kier molecular flexibility index (Phi) is 10.6. The second kappa shape index (κ2) is 13.9. The van der Waals surface area contributed by atoms with Crippen LogP contribution in [-0.2, 0) is 22.7 Å². The van der Waals surface area contributed by atoms with Crippen molar-refractivity contribution in [3.63, 3.8) is 0 Å². The molecular weight excluding hydrogens is 492 g/mol. The Labute approximate surface area is 223 Å². The molecule has 0 radical (unpaired) electrons. The molecule has 0 spiro atoms. The van der Waals surface area contributed by atoms with Crippen molar-refractivity contribution < 1.29 is 23.1 Å². The van der Waals surface area contributed by atoms with Crippen LogP contribution in [0.2, 0.25) is 0 Å². The normalized spacial score (nSPS) is 16.0. The summed E-state index contributed by atoms with van der Waals surface area (Å²) >= 11 is 0. The van der Waals surface area contributed by atoms with Crippen molar-refractivity contribution >= 4 is 11.9 Å². The predicted octanol–water partition coefficient (Wildman–Crippen LogP) is 3.95. The maximum absolute atomic E-state index is 13.4. The molecule has 1 N–H and O–H groups in total. The number of hydrazine groups is 1. The highest BCUT2D eigenvalue weighted by atomic mass is 19.1. The first-order valence-corrected chi connectivity index (χ1v) is 12.7. The van der Waals surface area contributed by atoms with E-state index >= 15 is 0 Å². The Morgan fingerprint density at radius 1 is 1.13 bits per heavy atom. The van der Waals surface area contributed by atoms with Crippen LogP contribution in [0, 0.1) is 11.6 Å². The van der Waals surface area contributed by atoms with E-state index in [0.29, 0.717) is 25.2 Å². The van der Waals surface area contributed by atoms with Crippen LogP contribution in [0.4, 0.5) is 13.6 Å². The van der Waals surface area contributed by atoms with E-state index in [1.807, 2.05) is 6.92 Å². The highest BCUT2D eigenvalue weighted by Crippen LogP contribution is 2.23. The fourth-order valence-corrected chi connectivity index (χ4v) is 4.44. The molecule has 1 saturated heterocycles. The summed E-state index contributed by atoms with van der Waals surface area (Å²) in [7, 11) is 1.80. The molecule has 1 aliphatic rings. The summed E-state index contributed by atoms with van der Waals surface area (Å²) in [6.45, 7) is 10.1. The van der Waals surface area contributed by atoms with Gasteiger partial charge in [0.2, 0.25) is 5.91 Å². The molecule has 0 bridgehead atoms. The highest BCUT2D eigenvalue weighted by Gasteiger charge is 2.38. The molecule has 1 unspecified atom stereocenters. The Morgan fingerprint density at radius 3 is 2.53 bits per heavy atom. The molecule has 2 aromatic carbocycles. The van der Waals surface area contributed by atoms with Gasteiger partial charge in [0.1, 0.15) is 17.8 Å². The van der Waals surface area contributed by atoms with Gasteiger partial charge in [-0.25, -0.2) is 23.6 Å². The van der Waals surface area contributed by atoms with Crippen molar-refractivity contribution in [2.45, 2.75) is 39.6 Å². The summed E-state index contributed by atoms with van der Waals surface area (Å²) < 4.78 is 32.4. The molecule has 3 rings (SSSR count). The second-order valence-corrected chi connectivity index (χ2v) is 9.33. The highest BCUT2D eigenvalue weighted by molar-refractivity contribution is 5.75. The molecule has 1 atom stereocenters. The van der Waals surface area contributed by atoms with Gasteiger partial charge in [-0.1, -0.05) is 37.8 Å². The van der Waals surface area contributed by atoms with Gasteiger partial charge in [0.15, 0.2) is 0 Å². The summed E-state index contributed by atoms with van der Waals surface area (Å²) in [5, 5.41) is 6.31. The first-order chi connectivity index (χ1) is 18.2. The van der Waals surface area contributed by atoms with Gasteiger partial charge in [-0.3, -0.25) is 4.79 Å². The largest absolute Gasteiger partial charge is 0.375 e. The van der Waals surface area contributed by atoms with E-state index < -0.39 is 6.17 Å². The van der Waals surface area contributed by atoms with Crippen LogP contribution in [0.5, 0.6) is 0 Å². The van der Waals surface area contributed by atoms with E-state index in [2.05, 4.69) is 16.8 Å². The van der Waals surface area contributed by atoms with E-state index in [-0.39, 0.29) is 49.9 Å². The number of ether oxygens (including phenoxy) is 1. The van der Waals surface area contributed by atoms with E-state index in [0.717, 1.165) is 17.7 Å². The fourth-order valence-electron chi connectivity index (χ4n) is 4.44. The van der Waals surface area contributed by atoms with Crippen LogP contribution in [-0.4, -0.2) is 77.8 Å². The molecule has 1 heterocycles. The first-order valence-electron chi connectivity index (χ1n) is 12.7. The van der Waals surface area contributed by atoms with E-state index in [1.54, 1.807) is 46.2 Å². The second-order valence-electron chi connectivity index (χ2n) is 9.33. The maximum Gasteiger partial charge on any atom is 0.334 e. The number of amides is 3. The van der Waals surface area contributed by atoms with E-state index in [4.69, 9.17) is 4.74 Å². The lowest BCUT2D eigenvalue weighted by Gasteiger charge is -2.51. The minimum Gasteiger partial charge on any atom is -0.375 e. The molecule has 3 amide bonds. The molecule has 0 aromatic heterocycles. The minimum atomic E-state index is -0.485. The third-order valence-corrected chi connectivity index (χ3v) is 6.35. The lowest BCUT2D eigenvalue weighted by atomic mass is 10.2. The lowest BCUT2D eigenvalue weighted by molar-refractivity contribution is -0.136. The average molecular weight is 530 g/mol. The topological polar surface area (TPSA) is 68.4 Å². The summed E-state index contributed by atoms with van der Waals surface area (Å²) in [5.41, 5.74) is 2.34. The number of rotatable bonds is 11. The zero-order valence-electron chi connectivity index (χ0n) is 22.3. The molecule has 206 valence electrons. The van der Waals surface area contributed by atoms with Crippen LogP contribution in [0.3, 0.4) is 0 Å². The number of carbonyl (C=O) groups is 2. The summed E-state index contributed by atoms with van der Waals surface area (Å²) in [6, 6.07) is 11.8. The van der Waals surface area contributed by atoms with Gasteiger partial charge in [-0.05, 0) is 41.8 Å². The first kappa shape index (κ1) is 29.1. The number of nitrogens with one attached hydrogen (secondary N) is 1. The van der Waals surface area contributed by atoms with Crippen molar-refractivity contribution in [1.82, 2.24) is 25.1 Å². The number of halogens is 2. The number of benzene rings is 2. The number of carbonyl (C=O) groups excluding carboxylic acids is 2. The molecule has 2 aromatic rings. The van der Waals surface area contributed by atoms with Crippen LogP contribution < -0.4 is 5.32 Å². The fraction of sp³-hybridized carbons (Fsp3) is 0.429. The number of hydrogen-bond acceptors (Lipinski definition) is 5. The number of likely N-dealkylation sites (N-methyl/N-ethyl adjacent to an activating group) is 1. The Morgan fingerprint density at radius 2 is 1.87 bits per heavy atom. The minimum absolute atomic E-state index is 0.152. The van der Waals surface area contributed by atoms with Gasteiger partial charge in [0.05, 0.1) is 26.3 Å². The standard InChI is InChI=1S/C28H37F2N5O3/c1-5-13-34-21(2)18-32(4)35(28(37)31-17-23-9-11-25(29)12-10-23)27(34)19-33(22(3)36)14-15-38-20-24-7-6-8-26(30)16-24/h6-12,16,27H,2,5,13-15,17-20H2,1,3-4H3,(H,31,37). The predicted molar refractivity (Wildman–Crippen MR) is 141 cm³/mol. The molecule has 8 nitrogen and oxygen atoms in total. The van der Waals surface area contributed by atoms with Crippen molar-refractivity contribution in [3.05, 3.63) is 83.6 Å². The zero-order chi connectivity index (χ0) is 27.7. The maximum atomic E-state index is 13.4. The Balaban J connectivity index is 1.70. The molecule has 38 heavy (non-hydrogen) atoms. The van der Waals surface area contributed by atoms with Crippen molar-refractivity contribution in [2.24, 2.45) is 0 Å². The van der Waals surface area contributed by atoms with Crippen LogP contribution in [0.1, 0.15) is 31.4 Å². The smallest absolute Gasteiger partial charge is 0.334 e. The van der Waals surface area contributed by atoms with Gasteiger partial charge >= 0.3 is 6.03 Å². The van der Waals surface area contributed by atoms with Gasteiger partial charge in [0, 0.05) is 39.3 Å². The Bertz CT molecular complexity index is 1100. The molecule has 1 aliphatic heterocycles. The molecule has 10 heteroatoms. The third-order valence-electron chi connectivity index (χ3n) is 6.35. The summed E-state index contributed by atoms with van der Waals surface area (Å²) in [4.78, 5) is 29.7. The number of urea groups is 1. The average Bonchev–Trinajstić information content (AvgIpc) is 2.87. The van der Waals surface area contributed by atoms with Gasteiger partial charge in [-0.2, -0.15) is 0 Å². The molecule has 1 fully saturated rings. The third kappa shape index (κ3) is 8.00. The van der Waals surface area contributed by atoms with Crippen LogP contribution in [0.15, 0.2) is 60.8 Å². The molecule has 0 aliphatic carbocycles. The number of nitrogens with zero attached hydrogens (tertiary/aromatic N) is 4. The number of hydrogen-bond donors (Lipinski definition) is 1. The van der Waals surface area contributed by atoms with Gasteiger partial charge in [0.25, 0.3) is 0 Å². The zero-order valence-corrected chi connectivity index (χ0v) is 22.3. The SMILES string of the molecule is C=C1CN(C)N(C(=O)NCc2ccc(F)cc2)C(CN(CCOCc2cccc(F)c2)C(C)=O)N1CCC. The summed E-state index contributed by atoms with van der Waals surface area (Å²) in [6.07, 6.45) is 0.350. The van der Waals surface area contributed by atoms with E-state index in [1.165, 1.54) is 31.2 Å². The van der Waals surface area contributed by atoms with Crippen molar-refractivity contribution in [1.29, 1.82) is 0 Å². The quantitative estimate of drug-likeness (QED) is 0.447.